The van der Waals surface area contributed by atoms with Crippen molar-refractivity contribution in [3.05, 3.63) is 58.1 Å². The summed E-state index contributed by atoms with van der Waals surface area (Å²) in [6, 6.07) is 10.8. The van der Waals surface area contributed by atoms with Crippen molar-refractivity contribution < 1.29 is 14.4 Å². The summed E-state index contributed by atoms with van der Waals surface area (Å²) in [6.45, 7) is 5.52. The number of oxime groups is 1. The van der Waals surface area contributed by atoms with E-state index < -0.39 is 5.91 Å². The van der Waals surface area contributed by atoms with Gasteiger partial charge in [0.25, 0.3) is 5.91 Å². The fourth-order valence-electron chi connectivity index (χ4n) is 2.68. The normalized spacial score (nSPS) is 11.1. The number of hydrogen-bond donors (Lipinski definition) is 3. The quantitative estimate of drug-likeness (QED) is 0.374. The summed E-state index contributed by atoms with van der Waals surface area (Å²) in [5.74, 6) is -0.819. The molecular formula is C20H23ClN4O3. The number of anilines is 2. The molecule has 0 aliphatic heterocycles. The van der Waals surface area contributed by atoms with E-state index in [1.54, 1.807) is 24.3 Å². The molecule has 148 valence electrons. The molecule has 0 bridgehead atoms. The van der Waals surface area contributed by atoms with Crippen molar-refractivity contribution >= 4 is 40.6 Å². The lowest BCUT2D eigenvalue weighted by molar-refractivity contribution is -0.120. The Labute approximate surface area is 168 Å². The average molecular weight is 403 g/mol. The van der Waals surface area contributed by atoms with Gasteiger partial charge in [0.05, 0.1) is 17.1 Å². The van der Waals surface area contributed by atoms with Gasteiger partial charge in [0.1, 0.15) is 5.84 Å². The minimum absolute atomic E-state index is 0.0555. The van der Waals surface area contributed by atoms with E-state index in [9.17, 15) is 9.59 Å². The molecule has 0 aliphatic rings. The number of nitrogens with zero attached hydrogens (tertiary/aromatic N) is 1. The Kier molecular flexibility index (Phi) is 7.40. The summed E-state index contributed by atoms with van der Waals surface area (Å²) in [6.07, 6.45) is -0.191. The van der Waals surface area contributed by atoms with Gasteiger partial charge >= 0.3 is 0 Å². The Hall–Kier alpha value is -3.06. The third kappa shape index (κ3) is 6.28. The van der Waals surface area contributed by atoms with Gasteiger partial charge in [0.15, 0.2) is 6.61 Å². The van der Waals surface area contributed by atoms with Crippen LogP contribution in [-0.4, -0.2) is 24.3 Å². The molecule has 2 rings (SSSR count). The number of hydrogen-bond acceptors (Lipinski definition) is 4. The number of amidine groups is 1. The van der Waals surface area contributed by atoms with E-state index in [0.717, 1.165) is 22.4 Å². The number of rotatable bonds is 7. The van der Waals surface area contributed by atoms with Gasteiger partial charge in [-0.25, -0.2) is 0 Å². The number of aryl methyl sites for hydroxylation is 3. The zero-order valence-corrected chi connectivity index (χ0v) is 16.8. The molecule has 0 fully saturated rings. The molecule has 0 aliphatic carbocycles. The van der Waals surface area contributed by atoms with E-state index in [0.29, 0.717) is 10.7 Å². The predicted octanol–water partition coefficient (Wildman–Crippen LogP) is 3.52. The van der Waals surface area contributed by atoms with Crippen LogP contribution < -0.4 is 16.4 Å². The summed E-state index contributed by atoms with van der Waals surface area (Å²) >= 11 is 5.98. The van der Waals surface area contributed by atoms with Crippen LogP contribution in [0.4, 0.5) is 11.4 Å². The van der Waals surface area contributed by atoms with Gasteiger partial charge in [0.2, 0.25) is 5.91 Å². The van der Waals surface area contributed by atoms with Gasteiger partial charge < -0.3 is 21.2 Å². The molecule has 2 aromatic rings. The molecule has 4 N–H and O–H groups in total. The van der Waals surface area contributed by atoms with Crippen molar-refractivity contribution in [3.8, 4) is 0 Å². The minimum Gasteiger partial charge on any atom is -0.384 e. The third-order valence-corrected chi connectivity index (χ3v) is 4.14. The molecule has 0 saturated heterocycles. The SMILES string of the molecule is Cc1cc(C)c(NC(=O)CO/N=C(/N)CC(=O)Nc2ccccc2Cl)c(C)c1. The van der Waals surface area contributed by atoms with Gasteiger partial charge in [-0.05, 0) is 44.0 Å². The number of carbonyl (C=O) groups excluding carboxylic acids is 2. The lowest BCUT2D eigenvalue weighted by Crippen LogP contribution is -2.24. The number of halogens is 1. The molecular weight excluding hydrogens is 380 g/mol. The monoisotopic (exact) mass is 402 g/mol. The van der Waals surface area contributed by atoms with Crippen molar-refractivity contribution in [2.24, 2.45) is 10.9 Å². The van der Waals surface area contributed by atoms with Gasteiger partial charge in [-0.15, -0.1) is 0 Å². The summed E-state index contributed by atoms with van der Waals surface area (Å²) in [5.41, 5.74) is 9.94. The second-order valence-electron chi connectivity index (χ2n) is 6.38. The van der Waals surface area contributed by atoms with Gasteiger partial charge in [-0.3, -0.25) is 9.59 Å². The standard InChI is InChI=1S/C20H23ClN4O3/c1-12-8-13(2)20(14(3)9-12)24-19(27)11-28-25-17(22)10-18(26)23-16-7-5-4-6-15(16)21/h4-9H,10-11H2,1-3H3,(H2,22,25)(H,23,26)(H,24,27). The van der Waals surface area contributed by atoms with Crippen LogP contribution in [0.15, 0.2) is 41.6 Å². The average Bonchev–Trinajstić information content (AvgIpc) is 2.60. The fraction of sp³-hybridized carbons (Fsp3) is 0.250. The van der Waals surface area contributed by atoms with Crippen molar-refractivity contribution in [3.63, 3.8) is 0 Å². The molecule has 0 radical (unpaired) electrons. The van der Waals surface area contributed by atoms with Crippen LogP contribution in [0.5, 0.6) is 0 Å². The maximum atomic E-state index is 12.0. The van der Waals surface area contributed by atoms with Gasteiger partial charge in [-0.2, -0.15) is 0 Å². The molecule has 0 unspecified atom stereocenters. The van der Waals surface area contributed by atoms with E-state index in [2.05, 4.69) is 15.8 Å². The summed E-state index contributed by atoms with van der Waals surface area (Å²) in [4.78, 5) is 28.9. The van der Waals surface area contributed by atoms with Crippen LogP contribution in [0.25, 0.3) is 0 Å². The largest absolute Gasteiger partial charge is 0.384 e. The van der Waals surface area contributed by atoms with E-state index in [-0.39, 0.29) is 24.8 Å². The lowest BCUT2D eigenvalue weighted by Gasteiger charge is -2.12. The van der Waals surface area contributed by atoms with E-state index in [1.807, 2.05) is 32.9 Å². The number of para-hydroxylation sites is 1. The molecule has 0 spiro atoms. The number of nitrogens with two attached hydrogens (primary N) is 1. The second-order valence-corrected chi connectivity index (χ2v) is 6.79. The Morgan fingerprint density at radius 1 is 1.07 bits per heavy atom. The highest BCUT2D eigenvalue weighted by Crippen LogP contribution is 2.22. The molecule has 0 saturated carbocycles. The Bertz CT molecular complexity index is 889. The van der Waals surface area contributed by atoms with E-state index >= 15 is 0 Å². The van der Waals surface area contributed by atoms with Crippen molar-refractivity contribution in [2.45, 2.75) is 27.2 Å². The van der Waals surface area contributed by atoms with Crippen LogP contribution in [0, 0.1) is 20.8 Å². The number of nitrogens with one attached hydrogen (secondary N) is 2. The van der Waals surface area contributed by atoms with Gasteiger partial charge in [-0.1, -0.05) is 46.6 Å². The van der Waals surface area contributed by atoms with Crippen LogP contribution in [0.3, 0.4) is 0 Å². The summed E-state index contributed by atoms with van der Waals surface area (Å²) < 4.78 is 0. The number of carbonyl (C=O) groups is 2. The third-order valence-electron chi connectivity index (χ3n) is 3.81. The number of benzene rings is 2. The van der Waals surface area contributed by atoms with Crippen LogP contribution in [-0.2, 0) is 14.4 Å². The summed E-state index contributed by atoms with van der Waals surface area (Å²) in [5, 5.41) is 9.44. The molecule has 2 amide bonds. The first kappa shape index (κ1) is 21.2. The zero-order valence-electron chi connectivity index (χ0n) is 16.0. The van der Waals surface area contributed by atoms with Crippen LogP contribution in [0.1, 0.15) is 23.1 Å². The molecule has 28 heavy (non-hydrogen) atoms. The van der Waals surface area contributed by atoms with Crippen molar-refractivity contribution in [1.29, 1.82) is 0 Å². The zero-order chi connectivity index (χ0) is 20.7. The minimum atomic E-state index is -0.395. The molecule has 0 aromatic heterocycles. The van der Waals surface area contributed by atoms with Crippen LogP contribution >= 0.6 is 11.6 Å². The predicted molar refractivity (Wildman–Crippen MR) is 112 cm³/mol. The highest BCUT2D eigenvalue weighted by atomic mass is 35.5. The topological polar surface area (TPSA) is 106 Å². The van der Waals surface area contributed by atoms with Gasteiger partial charge in [0, 0.05) is 5.69 Å². The van der Waals surface area contributed by atoms with Crippen molar-refractivity contribution in [1.82, 2.24) is 0 Å². The first-order chi connectivity index (χ1) is 13.3. The molecule has 0 atom stereocenters. The lowest BCUT2D eigenvalue weighted by atomic mass is 10.1. The molecule has 7 nitrogen and oxygen atoms in total. The second kappa shape index (κ2) is 9.75. The first-order valence-corrected chi connectivity index (χ1v) is 9.00. The smallest absolute Gasteiger partial charge is 0.265 e. The molecule has 8 heteroatoms. The Balaban J connectivity index is 1.82. The van der Waals surface area contributed by atoms with Crippen LogP contribution in [0.2, 0.25) is 5.02 Å². The molecule has 0 heterocycles. The maximum absolute atomic E-state index is 12.0. The highest BCUT2D eigenvalue weighted by Gasteiger charge is 2.10. The number of amides is 2. The highest BCUT2D eigenvalue weighted by molar-refractivity contribution is 6.33. The Morgan fingerprint density at radius 2 is 1.71 bits per heavy atom. The first-order valence-electron chi connectivity index (χ1n) is 8.62. The summed E-state index contributed by atoms with van der Waals surface area (Å²) in [7, 11) is 0. The van der Waals surface area contributed by atoms with Crippen molar-refractivity contribution in [2.75, 3.05) is 17.2 Å². The van der Waals surface area contributed by atoms with E-state index in [1.165, 1.54) is 0 Å². The fourth-order valence-corrected chi connectivity index (χ4v) is 2.86. The van der Waals surface area contributed by atoms with E-state index in [4.69, 9.17) is 22.2 Å². The molecule has 2 aromatic carbocycles. The maximum Gasteiger partial charge on any atom is 0.265 e. The Morgan fingerprint density at radius 3 is 2.36 bits per heavy atom.